The normalized spacial score (nSPS) is 26.9. The van der Waals surface area contributed by atoms with E-state index in [0.717, 1.165) is 47.6 Å². The van der Waals surface area contributed by atoms with Crippen molar-refractivity contribution in [3.8, 4) is 0 Å². The van der Waals surface area contributed by atoms with Gasteiger partial charge in [0.1, 0.15) is 0 Å². The monoisotopic (exact) mass is 343 g/mol. The lowest BCUT2D eigenvalue weighted by Gasteiger charge is -2.39. The quantitative estimate of drug-likeness (QED) is 0.864. The highest BCUT2D eigenvalue weighted by Gasteiger charge is 2.33. The zero-order valence-electron chi connectivity index (χ0n) is 12.7. The molecule has 4 nitrogen and oxygen atoms in total. The van der Waals surface area contributed by atoms with Crippen LogP contribution in [0.5, 0.6) is 0 Å². The van der Waals surface area contributed by atoms with Gasteiger partial charge in [0.2, 0.25) is 0 Å². The van der Waals surface area contributed by atoms with Gasteiger partial charge in [-0.2, -0.15) is 5.10 Å². The topological polar surface area (TPSA) is 50.1 Å². The maximum absolute atomic E-state index is 9.80. The van der Waals surface area contributed by atoms with Crippen molar-refractivity contribution in [3.63, 3.8) is 0 Å². The first-order valence-corrected chi connectivity index (χ1v) is 8.36. The van der Waals surface area contributed by atoms with Gasteiger partial charge in [0, 0.05) is 19.1 Å². The standard InChI is InChI=1S/C15H26BrN3O/c1-4-12-14(16)13(19(3)18-12)9-17-15(10-20)7-5-11(2)6-8-15/h11,17,20H,4-10H2,1-3H3. The molecule has 20 heavy (non-hydrogen) atoms. The second kappa shape index (κ2) is 6.58. The lowest BCUT2D eigenvalue weighted by molar-refractivity contribution is 0.103. The van der Waals surface area contributed by atoms with Crippen molar-refractivity contribution in [2.45, 2.75) is 58.0 Å². The molecule has 2 rings (SSSR count). The summed E-state index contributed by atoms with van der Waals surface area (Å²) in [5, 5.41) is 17.9. The van der Waals surface area contributed by atoms with E-state index >= 15 is 0 Å². The molecule has 1 aromatic heterocycles. The average Bonchev–Trinajstić information content (AvgIpc) is 2.73. The second-order valence-corrected chi connectivity index (χ2v) is 6.95. The van der Waals surface area contributed by atoms with Crippen LogP contribution in [0, 0.1) is 5.92 Å². The summed E-state index contributed by atoms with van der Waals surface area (Å²) in [4.78, 5) is 0. The highest BCUT2D eigenvalue weighted by Crippen LogP contribution is 2.32. The first-order chi connectivity index (χ1) is 9.51. The minimum absolute atomic E-state index is 0.109. The Morgan fingerprint density at radius 3 is 2.60 bits per heavy atom. The number of rotatable bonds is 5. The molecule has 0 spiro atoms. The molecule has 1 saturated carbocycles. The molecule has 0 bridgehead atoms. The number of aryl methyl sites for hydroxylation is 2. The van der Waals surface area contributed by atoms with E-state index in [9.17, 15) is 5.11 Å². The fraction of sp³-hybridized carbons (Fsp3) is 0.800. The zero-order valence-corrected chi connectivity index (χ0v) is 14.3. The third-order valence-corrected chi connectivity index (χ3v) is 5.58. The summed E-state index contributed by atoms with van der Waals surface area (Å²) < 4.78 is 3.04. The average molecular weight is 344 g/mol. The van der Waals surface area contributed by atoms with Gasteiger partial charge >= 0.3 is 0 Å². The molecule has 0 radical (unpaired) electrons. The van der Waals surface area contributed by atoms with Crippen LogP contribution in [0.25, 0.3) is 0 Å². The number of hydrogen-bond donors (Lipinski definition) is 2. The van der Waals surface area contributed by atoms with Crippen LogP contribution < -0.4 is 5.32 Å². The summed E-state index contributed by atoms with van der Waals surface area (Å²) in [7, 11) is 1.98. The van der Waals surface area contributed by atoms with Gasteiger partial charge in [-0.1, -0.05) is 13.8 Å². The van der Waals surface area contributed by atoms with Gasteiger partial charge < -0.3 is 10.4 Å². The van der Waals surface area contributed by atoms with Gasteiger partial charge in [0.05, 0.1) is 22.5 Å². The Balaban J connectivity index is 2.05. The van der Waals surface area contributed by atoms with Crippen molar-refractivity contribution < 1.29 is 5.11 Å². The first-order valence-electron chi connectivity index (χ1n) is 7.57. The summed E-state index contributed by atoms with van der Waals surface area (Å²) in [6, 6.07) is 0. The number of aromatic nitrogens is 2. The number of nitrogens with one attached hydrogen (secondary N) is 1. The number of halogens is 1. The molecule has 0 unspecified atom stereocenters. The molecule has 1 aromatic rings. The van der Waals surface area contributed by atoms with Crippen LogP contribution in [0.15, 0.2) is 4.47 Å². The minimum Gasteiger partial charge on any atom is -0.394 e. The Kier molecular flexibility index (Phi) is 5.26. The van der Waals surface area contributed by atoms with Crippen molar-refractivity contribution in [3.05, 3.63) is 15.9 Å². The third kappa shape index (κ3) is 3.26. The van der Waals surface area contributed by atoms with Gasteiger partial charge in [-0.05, 0) is 54.0 Å². The Morgan fingerprint density at radius 2 is 2.10 bits per heavy atom. The molecule has 2 N–H and O–H groups in total. The van der Waals surface area contributed by atoms with Crippen molar-refractivity contribution in [2.24, 2.45) is 13.0 Å². The van der Waals surface area contributed by atoms with E-state index < -0.39 is 0 Å². The summed E-state index contributed by atoms with van der Waals surface area (Å²) in [5.74, 6) is 0.784. The molecule has 0 aliphatic heterocycles. The molecular weight excluding hydrogens is 318 g/mol. The van der Waals surface area contributed by atoms with Crippen molar-refractivity contribution in [1.29, 1.82) is 0 Å². The van der Waals surface area contributed by atoms with Crippen LogP contribution in [-0.4, -0.2) is 27.0 Å². The van der Waals surface area contributed by atoms with E-state index in [0.29, 0.717) is 0 Å². The summed E-state index contributed by atoms with van der Waals surface area (Å²) in [6.07, 6.45) is 5.43. The van der Waals surface area contributed by atoms with E-state index in [1.54, 1.807) is 0 Å². The van der Waals surface area contributed by atoms with E-state index in [2.05, 4.69) is 40.2 Å². The molecule has 1 aliphatic rings. The Bertz CT molecular complexity index is 450. The van der Waals surface area contributed by atoms with Crippen molar-refractivity contribution >= 4 is 15.9 Å². The van der Waals surface area contributed by atoms with Crippen molar-refractivity contribution in [2.75, 3.05) is 6.61 Å². The molecule has 5 heteroatoms. The third-order valence-electron chi connectivity index (χ3n) is 4.67. The van der Waals surface area contributed by atoms with E-state index in [4.69, 9.17) is 0 Å². The molecule has 0 amide bonds. The number of aliphatic hydroxyl groups excluding tert-OH is 1. The van der Waals surface area contributed by atoms with Crippen LogP contribution in [0.3, 0.4) is 0 Å². The Labute approximate surface area is 130 Å². The zero-order chi connectivity index (χ0) is 14.8. The SMILES string of the molecule is CCc1nn(C)c(CNC2(CO)CCC(C)CC2)c1Br. The molecule has 1 heterocycles. The minimum atomic E-state index is -0.109. The fourth-order valence-electron chi connectivity index (χ4n) is 2.99. The predicted molar refractivity (Wildman–Crippen MR) is 84.6 cm³/mol. The lowest BCUT2D eigenvalue weighted by atomic mass is 9.77. The molecule has 0 atom stereocenters. The van der Waals surface area contributed by atoms with Gasteiger partial charge in [-0.15, -0.1) is 0 Å². The second-order valence-electron chi connectivity index (χ2n) is 6.16. The maximum atomic E-state index is 9.80. The Hall–Kier alpha value is -0.390. The van der Waals surface area contributed by atoms with Crippen LogP contribution >= 0.6 is 15.9 Å². The summed E-state index contributed by atoms with van der Waals surface area (Å²) in [6.45, 7) is 5.38. The Morgan fingerprint density at radius 1 is 1.45 bits per heavy atom. The van der Waals surface area contributed by atoms with Crippen LogP contribution in [0.4, 0.5) is 0 Å². The van der Waals surface area contributed by atoms with E-state index in [1.165, 1.54) is 12.8 Å². The highest BCUT2D eigenvalue weighted by atomic mass is 79.9. The van der Waals surface area contributed by atoms with Gasteiger partial charge in [0.15, 0.2) is 0 Å². The summed E-state index contributed by atoms with van der Waals surface area (Å²) in [5.41, 5.74) is 2.15. The molecule has 1 fully saturated rings. The number of nitrogens with zero attached hydrogens (tertiary/aromatic N) is 2. The van der Waals surface area contributed by atoms with Crippen LogP contribution in [0.1, 0.15) is 50.9 Å². The molecule has 114 valence electrons. The molecule has 0 saturated heterocycles. The molecular formula is C15H26BrN3O. The largest absolute Gasteiger partial charge is 0.394 e. The van der Waals surface area contributed by atoms with E-state index in [1.807, 2.05) is 11.7 Å². The number of aliphatic hydroxyl groups is 1. The molecule has 0 aromatic carbocycles. The van der Waals surface area contributed by atoms with Gasteiger partial charge in [-0.25, -0.2) is 0 Å². The fourth-order valence-corrected chi connectivity index (χ4v) is 3.75. The smallest absolute Gasteiger partial charge is 0.0767 e. The first kappa shape index (κ1) is 16.0. The van der Waals surface area contributed by atoms with E-state index in [-0.39, 0.29) is 12.1 Å². The lowest BCUT2D eigenvalue weighted by Crippen LogP contribution is -2.50. The maximum Gasteiger partial charge on any atom is 0.0767 e. The predicted octanol–water partition coefficient (Wildman–Crippen LogP) is 2.78. The highest BCUT2D eigenvalue weighted by molar-refractivity contribution is 9.10. The van der Waals surface area contributed by atoms with Crippen molar-refractivity contribution in [1.82, 2.24) is 15.1 Å². The van der Waals surface area contributed by atoms with Gasteiger partial charge in [0.25, 0.3) is 0 Å². The summed E-state index contributed by atoms with van der Waals surface area (Å²) >= 11 is 3.65. The number of hydrogen-bond acceptors (Lipinski definition) is 3. The van der Waals surface area contributed by atoms with Gasteiger partial charge in [-0.3, -0.25) is 4.68 Å². The van der Waals surface area contributed by atoms with Crippen LogP contribution in [-0.2, 0) is 20.0 Å². The van der Waals surface area contributed by atoms with Crippen LogP contribution in [0.2, 0.25) is 0 Å². The molecule has 1 aliphatic carbocycles.